The van der Waals surface area contributed by atoms with E-state index in [0.717, 1.165) is 19.8 Å². The van der Waals surface area contributed by atoms with Gasteiger partial charge in [-0.1, -0.05) is 44.2 Å². The Labute approximate surface area is 132 Å². The first kappa shape index (κ1) is 15.3. The minimum Gasteiger partial charge on any atom is -0.344 e. The smallest absolute Gasteiger partial charge is 0.261 e. The Kier molecular flexibility index (Phi) is 5.00. The van der Waals surface area contributed by atoms with Crippen molar-refractivity contribution in [3.63, 3.8) is 0 Å². The fraction of sp³-hybridized carbons (Fsp3) is 0.312. The Balaban J connectivity index is 2.19. The number of hydrogen-bond acceptors (Lipinski definition) is 2. The van der Waals surface area contributed by atoms with E-state index in [1.165, 1.54) is 11.3 Å². The Bertz CT molecular complexity index is 572. The maximum Gasteiger partial charge on any atom is 0.261 e. The Morgan fingerprint density at radius 1 is 1.25 bits per heavy atom. The fourth-order valence-corrected chi connectivity index (χ4v) is 3.52. The molecule has 2 rings (SSSR count). The van der Waals surface area contributed by atoms with Crippen molar-refractivity contribution < 1.29 is 4.79 Å². The molecule has 4 heteroatoms. The van der Waals surface area contributed by atoms with Crippen LogP contribution in [0, 0.1) is 12.8 Å². The highest BCUT2D eigenvalue weighted by Gasteiger charge is 2.20. The fourth-order valence-electron chi connectivity index (χ4n) is 2.08. The van der Waals surface area contributed by atoms with Gasteiger partial charge in [0.05, 0.1) is 14.7 Å². The van der Waals surface area contributed by atoms with Gasteiger partial charge in [-0.15, -0.1) is 11.3 Å². The van der Waals surface area contributed by atoms with Crippen LogP contribution in [0.4, 0.5) is 0 Å². The zero-order valence-corrected chi connectivity index (χ0v) is 14.2. The van der Waals surface area contributed by atoms with Crippen molar-refractivity contribution in [2.24, 2.45) is 5.92 Å². The van der Waals surface area contributed by atoms with Gasteiger partial charge in [-0.05, 0) is 46.0 Å². The van der Waals surface area contributed by atoms with E-state index >= 15 is 0 Å². The second-order valence-electron chi connectivity index (χ2n) is 5.17. The average Bonchev–Trinajstić information content (AvgIpc) is 2.76. The van der Waals surface area contributed by atoms with Crippen molar-refractivity contribution in [3.8, 4) is 0 Å². The summed E-state index contributed by atoms with van der Waals surface area (Å²) in [5, 5.41) is 3.14. The van der Waals surface area contributed by atoms with E-state index in [4.69, 9.17) is 0 Å². The van der Waals surface area contributed by atoms with E-state index in [-0.39, 0.29) is 11.9 Å². The minimum absolute atomic E-state index is 0.00801. The molecular formula is C16H18BrNOS. The predicted octanol–water partition coefficient (Wildman–Crippen LogP) is 4.95. The lowest BCUT2D eigenvalue weighted by atomic mass is 9.96. The number of thiophene rings is 1. The minimum atomic E-state index is -0.00801. The van der Waals surface area contributed by atoms with Crippen LogP contribution in [0.1, 0.15) is 40.7 Å². The van der Waals surface area contributed by atoms with Crippen LogP contribution in [0.5, 0.6) is 0 Å². The van der Waals surface area contributed by atoms with E-state index in [1.54, 1.807) is 0 Å². The van der Waals surface area contributed by atoms with Gasteiger partial charge in [0.25, 0.3) is 5.91 Å². The highest BCUT2D eigenvalue weighted by Crippen LogP contribution is 2.28. The summed E-state index contributed by atoms with van der Waals surface area (Å²) in [6, 6.07) is 12.1. The number of benzene rings is 1. The Morgan fingerprint density at radius 2 is 1.90 bits per heavy atom. The molecule has 106 valence electrons. The molecule has 1 aromatic heterocycles. The Hall–Kier alpha value is -1.13. The van der Waals surface area contributed by atoms with Crippen molar-refractivity contribution in [1.29, 1.82) is 0 Å². The number of hydrogen-bond donors (Lipinski definition) is 1. The van der Waals surface area contributed by atoms with Crippen LogP contribution >= 0.6 is 27.3 Å². The number of amides is 1. The molecule has 0 radical (unpaired) electrons. The number of carbonyl (C=O) groups is 1. The van der Waals surface area contributed by atoms with Crippen molar-refractivity contribution in [2.45, 2.75) is 26.8 Å². The average molecular weight is 352 g/mol. The summed E-state index contributed by atoms with van der Waals surface area (Å²) in [5.41, 5.74) is 2.24. The lowest BCUT2D eigenvalue weighted by Gasteiger charge is -2.22. The largest absolute Gasteiger partial charge is 0.344 e. The van der Waals surface area contributed by atoms with Crippen LogP contribution < -0.4 is 5.32 Å². The lowest BCUT2D eigenvalue weighted by molar-refractivity contribution is 0.0929. The lowest BCUT2D eigenvalue weighted by Crippen LogP contribution is -2.31. The zero-order chi connectivity index (χ0) is 14.7. The third kappa shape index (κ3) is 3.49. The third-order valence-electron chi connectivity index (χ3n) is 3.19. The molecule has 0 bridgehead atoms. The molecule has 0 aliphatic carbocycles. The van der Waals surface area contributed by atoms with Crippen LogP contribution in [-0.2, 0) is 0 Å². The van der Waals surface area contributed by atoms with Gasteiger partial charge < -0.3 is 5.32 Å². The molecular weight excluding hydrogens is 334 g/mol. The van der Waals surface area contributed by atoms with Gasteiger partial charge in [0.15, 0.2) is 0 Å². The van der Waals surface area contributed by atoms with Crippen molar-refractivity contribution in [3.05, 3.63) is 56.2 Å². The molecule has 1 amide bonds. The van der Waals surface area contributed by atoms with Gasteiger partial charge in [0, 0.05) is 0 Å². The second-order valence-corrected chi connectivity index (χ2v) is 7.54. The van der Waals surface area contributed by atoms with Gasteiger partial charge in [0.2, 0.25) is 0 Å². The third-order valence-corrected chi connectivity index (χ3v) is 5.33. The SMILES string of the molecule is Cc1cc(C(=O)NC(c2ccccc2)C(C)C)sc1Br. The van der Waals surface area contributed by atoms with E-state index < -0.39 is 0 Å². The first-order chi connectivity index (χ1) is 9.49. The molecule has 0 aliphatic rings. The monoisotopic (exact) mass is 351 g/mol. The molecule has 2 nitrogen and oxygen atoms in total. The topological polar surface area (TPSA) is 29.1 Å². The molecule has 0 spiro atoms. The molecule has 0 saturated heterocycles. The summed E-state index contributed by atoms with van der Waals surface area (Å²) < 4.78 is 1.02. The highest BCUT2D eigenvalue weighted by atomic mass is 79.9. The van der Waals surface area contributed by atoms with E-state index in [9.17, 15) is 4.79 Å². The molecule has 0 fully saturated rings. The van der Waals surface area contributed by atoms with Gasteiger partial charge in [-0.3, -0.25) is 4.79 Å². The van der Waals surface area contributed by atoms with Crippen molar-refractivity contribution in [2.75, 3.05) is 0 Å². The quantitative estimate of drug-likeness (QED) is 0.829. The summed E-state index contributed by atoms with van der Waals surface area (Å²) in [6.07, 6.45) is 0. The van der Waals surface area contributed by atoms with Crippen LogP contribution in [-0.4, -0.2) is 5.91 Å². The number of carbonyl (C=O) groups excluding carboxylic acids is 1. The molecule has 2 aromatic rings. The van der Waals surface area contributed by atoms with Crippen LogP contribution in [0.25, 0.3) is 0 Å². The summed E-state index contributed by atoms with van der Waals surface area (Å²) in [6.45, 7) is 6.23. The van der Waals surface area contributed by atoms with Gasteiger partial charge in [-0.25, -0.2) is 0 Å². The number of aryl methyl sites for hydroxylation is 1. The summed E-state index contributed by atoms with van der Waals surface area (Å²) in [4.78, 5) is 13.1. The van der Waals surface area contributed by atoms with E-state index in [2.05, 4.69) is 47.2 Å². The first-order valence-electron chi connectivity index (χ1n) is 6.60. The molecule has 1 heterocycles. The standard InChI is InChI=1S/C16H18BrNOS/c1-10(2)14(12-7-5-4-6-8-12)18-16(19)13-9-11(3)15(17)20-13/h4-10,14H,1-3H3,(H,18,19). The number of halogens is 1. The molecule has 1 aromatic carbocycles. The summed E-state index contributed by atoms with van der Waals surface area (Å²) in [5.74, 6) is 0.331. The molecule has 0 aliphatic heterocycles. The number of nitrogens with one attached hydrogen (secondary N) is 1. The molecule has 1 atom stereocenters. The Morgan fingerprint density at radius 3 is 2.40 bits per heavy atom. The molecule has 1 N–H and O–H groups in total. The van der Waals surface area contributed by atoms with E-state index in [1.807, 2.05) is 31.2 Å². The highest BCUT2D eigenvalue weighted by molar-refractivity contribution is 9.11. The van der Waals surface area contributed by atoms with Gasteiger partial charge in [-0.2, -0.15) is 0 Å². The first-order valence-corrected chi connectivity index (χ1v) is 8.21. The van der Waals surface area contributed by atoms with Crippen LogP contribution in [0.3, 0.4) is 0 Å². The van der Waals surface area contributed by atoms with Crippen LogP contribution in [0.2, 0.25) is 0 Å². The molecule has 0 saturated carbocycles. The summed E-state index contributed by atoms with van der Waals surface area (Å²) in [7, 11) is 0. The van der Waals surface area contributed by atoms with Crippen LogP contribution in [0.15, 0.2) is 40.2 Å². The predicted molar refractivity (Wildman–Crippen MR) is 88.2 cm³/mol. The molecule has 20 heavy (non-hydrogen) atoms. The maximum absolute atomic E-state index is 12.4. The normalized spacial score (nSPS) is 12.4. The second kappa shape index (κ2) is 6.55. The maximum atomic E-state index is 12.4. The van der Waals surface area contributed by atoms with E-state index in [0.29, 0.717) is 5.92 Å². The number of rotatable bonds is 4. The molecule has 1 unspecified atom stereocenters. The van der Waals surface area contributed by atoms with Gasteiger partial charge >= 0.3 is 0 Å². The zero-order valence-electron chi connectivity index (χ0n) is 11.8. The van der Waals surface area contributed by atoms with Gasteiger partial charge in [0.1, 0.15) is 0 Å². The van der Waals surface area contributed by atoms with Crippen molar-refractivity contribution in [1.82, 2.24) is 5.32 Å². The van der Waals surface area contributed by atoms with Crippen molar-refractivity contribution >= 4 is 33.2 Å². The summed E-state index contributed by atoms with van der Waals surface area (Å²) >= 11 is 4.94.